The Morgan fingerprint density at radius 1 is 1.20 bits per heavy atom. The lowest BCUT2D eigenvalue weighted by atomic mass is 9.89. The molecule has 1 unspecified atom stereocenters. The smallest absolute Gasteiger partial charge is 0.255 e. The molecule has 2 saturated heterocycles. The van der Waals surface area contributed by atoms with Gasteiger partial charge in [0.15, 0.2) is 5.82 Å². The van der Waals surface area contributed by atoms with Gasteiger partial charge >= 0.3 is 0 Å². The van der Waals surface area contributed by atoms with Gasteiger partial charge in [-0.2, -0.15) is 0 Å². The van der Waals surface area contributed by atoms with Crippen molar-refractivity contribution in [1.82, 2.24) is 14.9 Å². The van der Waals surface area contributed by atoms with Gasteiger partial charge in [-0.05, 0) is 44.7 Å². The molecule has 3 heterocycles. The molecule has 25 heavy (non-hydrogen) atoms. The van der Waals surface area contributed by atoms with E-state index in [1.807, 2.05) is 30.0 Å². The maximum absolute atomic E-state index is 13.5. The molecule has 1 amide bonds. The first kappa shape index (κ1) is 16.2. The average molecular weight is 337 g/mol. The van der Waals surface area contributed by atoms with Gasteiger partial charge in [0, 0.05) is 42.6 Å². The van der Waals surface area contributed by atoms with E-state index in [-0.39, 0.29) is 24.5 Å². The third kappa shape index (κ3) is 2.82. The summed E-state index contributed by atoms with van der Waals surface area (Å²) in [5, 5.41) is 9.70. The summed E-state index contributed by atoms with van der Waals surface area (Å²) in [4.78, 5) is 24.2. The molecule has 1 N–H and O–H groups in total. The predicted molar refractivity (Wildman–Crippen MR) is 95.0 cm³/mol. The largest absolute Gasteiger partial charge is 0.396 e. The van der Waals surface area contributed by atoms with Crippen molar-refractivity contribution >= 4 is 5.91 Å². The van der Waals surface area contributed by atoms with Crippen LogP contribution < -0.4 is 0 Å². The van der Waals surface area contributed by atoms with Crippen molar-refractivity contribution in [3.05, 3.63) is 47.8 Å². The Morgan fingerprint density at radius 3 is 2.72 bits per heavy atom. The molecule has 5 nitrogen and oxygen atoms in total. The number of amides is 1. The standard InChI is InChI=1S/C20H23N3O2/c1-13-3-7-16(19-21-9-2-10-22-19)17(11-13)20(25)23-15-5-4-14(12-24)18(23)8-6-15/h2-3,7,9-11,14-15,18,24H,4-6,8,12H2,1H3/t14-,15-,18?/m1/s1. The maximum Gasteiger partial charge on any atom is 0.255 e. The Hall–Kier alpha value is -2.27. The number of carbonyl (C=O) groups is 1. The Morgan fingerprint density at radius 2 is 1.96 bits per heavy atom. The molecular weight excluding hydrogens is 314 g/mol. The van der Waals surface area contributed by atoms with Gasteiger partial charge in [0.25, 0.3) is 5.91 Å². The Labute approximate surface area is 147 Å². The quantitative estimate of drug-likeness (QED) is 0.935. The van der Waals surface area contributed by atoms with Crippen LogP contribution in [0.1, 0.15) is 41.6 Å². The third-order valence-corrected chi connectivity index (χ3v) is 5.64. The van der Waals surface area contributed by atoms with Crippen LogP contribution in [0.4, 0.5) is 0 Å². The number of aromatic nitrogens is 2. The minimum Gasteiger partial charge on any atom is -0.396 e. The highest BCUT2D eigenvalue weighted by molar-refractivity contribution is 6.01. The molecule has 0 spiro atoms. The number of nitrogens with zero attached hydrogens (tertiary/aromatic N) is 3. The second-order valence-electron chi connectivity index (χ2n) is 7.15. The van der Waals surface area contributed by atoms with Gasteiger partial charge in [0.2, 0.25) is 0 Å². The lowest BCUT2D eigenvalue weighted by Crippen LogP contribution is -2.49. The minimum atomic E-state index is 0.0526. The van der Waals surface area contributed by atoms with E-state index < -0.39 is 0 Å². The number of aliphatic hydroxyl groups excluding tert-OH is 1. The fourth-order valence-corrected chi connectivity index (χ4v) is 4.39. The second-order valence-corrected chi connectivity index (χ2v) is 7.15. The van der Waals surface area contributed by atoms with E-state index >= 15 is 0 Å². The normalized spacial score (nSPS) is 25.2. The van der Waals surface area contributed by atoms with Gasteiger partial charge < -0.3 is 10.0 Å². The van der Waals surface area contributed by atoms with E-state index in [1.165, 1.54) is 0 Å². The van der Waals surface area contributed by atoms with Gasteiger partial charge in [-0.25, -0.2) is 9.97 Å². The summed E-state index contributed by atoms with van der Waals surface area (Å²) in [5.74, 6) is 0.828. The maximum atomic E-state index is 13.5. The predicted octanol–water partition coefficient (Wildman–Crippen LogP) is 2.83. The van der Waals surface area contributed by atoms with E-state index in [9.17, 15) is 9.90 Å². The van der Waals surface area contributed by atoms with Crippen LogP contribution in [0.3, 0.4) is 0 Å². The van der Waals surface area contributed by atoms with Crippen LogP contribution in [-0.4, -0.2) is 44.6 Å². The van der Waals surface area contributed by atoms with E-state index in [4.69, 9.17) is 0 Å². The first-order valence-electron chi connectivity index (χ1n) is 9.00. The minimum absolute atomic E-state index is 0.0526. The zero-order chi connectivity index (χ0) is 17.4. The summed E-state index contributed by atoms with van der Waals surface area (Å²) < 4.78 is 0. The summed E-state index contributed by atoms with van der Waals surface area (Å²) in [6.07, 6.45) is 7.42. The molecule has 2 aliphatic heterocycles. The Bertz CT molecular complexity index is 778. The molecule has 0 aliphatic carbocycles. The van der Waals surface area contributed by atoms with Gasteiger partial charge in [-0.1, -0.05) is 17.7 Å². The van der Waals surface area contributed by atoms with Crippen molar-refractivity contribution in [2.75, 3.05) is 6.61 Å². The number of rotatable bonds is 3. The molecule has 3 atom stereocenters. The van der Waals surface area contributed by atoms with Gasteiger partial charge in [-0.3, -0.25) is 4.79 Å². The number of carbonyl (C=O) groups excluding carboxylic acids is 1. The molecular formula is C20H23N3O2. The summed E-state index contributed by atoms with van der Waals surface area (Å²) >= 11 is 0. The molecule has 130 valence electrons. The Balaban J connectivity index is 1.74. The fraction of sp³-hybridized carbons (Fsp3) is 0.450. The third-order valence-electron chi connectivity index (χ3n) is 5.64. The van der Waals surface area contributed by atoms with Crippen LogP contribution in [-0.2, 0) is 0 Å². The molecule has 5 heteroatoms. The van der Waals surface area contributed by atoms with Crippen molar-refractivity contribution in [3.8, 4) is 11.4 Å². The molecule has 2 aliphatic rings. The number of hydrogen-bond acceptors (Lipinski definition) is 4. The van der Waals surface area contributed by atoms with Gasteiger partial charge in [0.05, 0.1) is 5.56 Å². The summed E-state index contributed by atoms with van der Waals surface area (Å²) in [5.41, 5.74) is 2.49. The van der Waals surface area contributed by atoms with Gasteiger partial charge in [0.1, 0.15) is 0 Å². The van der Waals surface area contributed by atoms with Crippen molar-refractivity contribution < 1.29 is 9.90 Å². The first-order valence-corrected chi connectivity index (χ1v) is 9.00. The topological polar surface area (TPSA) is 66.3 Å². The van der Waals surface area contributed by atoms with Gasteiger partial charge in [-0.15, -0.1) is 0 Å². The number of hydrogen-bond donors (Lipinski definition) is 1. The highest BCUT2D eigenvalue weighted by Gasteiger charge is 2.45. The molecule has 1 aromatic heterocycles. The fourth-order valence-electron chi connectivity index (χ4n) is 4.39. The summed E-state index contributed by atoms with van der Waals surface area (Å²) in [6.45, 7) is 2.15. The highest BCUT2D eigenvalue weighted by Crippen LogP contribution is 2.40. The number of aliphatic hydroxyl groups is 1. The van der Waals surface area contributed by atoms with E-state index in [1.54, 1.807) is 18.5 Å². The lowest BCUT2D eigenvalue weighted by Gasteiger charge is -2.39. The van der Waals surface area contributed by atoms with E-state index in [0.29, 0.717) is 17.4 Å². The second kappa shape index (κ2) is 6.56. The number of benzene rings is 1. The number of aryl methyl sites for hydroxylation is 1. The zero-order valence-corrected chi connectivity index (χ0v) is 14.4. The van der Waals surface area contributed by atoms with Crippen LogP contribution in [0.15, 0.2) is 36.7 Å². The van der Waals surface area contributed by atoms with Crippen LogP contribution in [0.5, 0.6) is 0 Å². The molecule has 4 rings (SSSR count). The van der Waals surface area contributed by atoms with Crippen molar-refractivity contribution in [1.29, 1.82) is 0 Å². The lowest BCUT2D eigenvalue weighted by molar-refractivity contribution is 0.0384. The van der Waals surface area contributed by atoms with Crippen LogP contribution in [0.2, 0.25) is 0 Å². The zero-order valence-electron chi connectivity index (χ0n) is 14.4. The van der Waals surface area contributed by atoms with E-state index in [0.717, 1.165) is 36.8 Å². The number of piperidine rings is 1. The molecule has 1 aromatic carbocycles. The van der Waals surface area contributed by atoms with Crippen LogP contribution in [0, 0.1) is 12.8 Å². The number of fused-ring (bicyclic) bond motifs is 2. The molecule has 0 radical (unpaired) electrons. The summed E-state index contributed by atoms with van der Waals surface area (Å²) in [7, 11) is 0. The van der Waals surface area contributed by atoms with Crippen molar-refractivity contribution in [3.63, 3.8) is 0 Å². The summed E-state index contributed by atoms with van der Waals surface area (Å²) in [6, 6.07) is 8.09. The van der Waals surface area contributed by atoms with Crippen molar-refractivity contribution in [2.24, 2.45) is 5.92 Å². The molecule has 2 aromatic rings. The SMILES string of the molecule is Cc1ccc(-c2ncccn2)c(C(=O)N2C3CC[C@H]2CC[C@@H]3CO)c1. The average Bonchev–Trinajstić information content (AvgIpc) is 2.95. The van der Waals surface area contributed by atoms with Crippen LogP contribution in [0.25, 0.3) is 11.4 Å². The molecule has 2 fully saturated rings. The molecule has 0 saturated carbocycles. The van der Waals surface area contributed by atoms with Crippen molar-refractivity contribution in [2.45, 2.75) is 44.7 Å². The molecule has 2 bridgehead atoms. The van der Waals surface area contributed by atoms with E-state index in [2.05, 4.69) is 9.97 Å². The Kier molecular flexibility index (Phi) is 4.25. The van der Waals surface area contributed by atoms with Crippen LogP contribution >= 0.6 is 0 Å². The monoisotopic (exact) mass is 337 g/mol. The highest BCUT2D eigenvalue weighted by atomic mass is 16.3. The first-order chi connectivity index (χ1) is 12.2.